The second-order valence-corrected chi connectivity index (χ2v) is 4.79. The van der Waals surface area contributed by atoms with Crippen molar-refractivity contribution in [1.29, 1.82) is 0 Å². The third-order valence-corrected chi connectivity index (χ3v) is 3.52. The molecular formula is C12H20N4. The zero-order chi connectivity index (χ0) is 11.9. The summed E-state index contributed by atoms with van der Waals surface area (Å²) in [6.45, 7) is 6.12. The lowest BCUT2D eigenvalue weighted by Gasteiger charge is -2.27. The van der Waals surface area contributed by atoms with Crippen molar-refractivity contribution < 1.29 is 0 Å². The first-order valence-electron chi connectivity index (χ1n) is 5.84. The van der Waals surface area contributed by atoms with E-state index in [9.17, 15) is 0 Å². The number of hydrogen-bond donors (Lipinski definition) is 1. The molecular weight excluding hydrogens is 200 g/mol. The molecule has 0 aliphatic heterocycles. The number of nitrogens with zero attached hydrogens (tertiary/aromatic N) is 3. The van der Waals surface area contributed by atoms with Gasteiger partial charge in [0, 0.05) is 18.7 Å². The Kier molecular flexibility index (Phi) is 2.74. The number of aryl methyl sites for hydroxylation is 1. The minimum Gasteiger partial charge on any atom is -0.383 e. The van der Waals surface area contributed by atoms with Crippen molar-refractivity contribution in [2.24, 2.45) is 5.92 Å². The Bertz CT molecular complexity index is 398. The molecule has 1 unspecified atom stereocenters. The van der Waals surface area contributed by atoms with Crippen LogP contribution in [-0.4, -0.2) is 23.1 Å². The Labute approximate surface area is 96.9 Å². The minimum absolute atomic E-state index is 0.535. The quantitative estimate of drug-likeness (QED) is 0.845. The summed E-state index contributed by atoms with van der Waals surface area (Å²) in [6.07, 6.45) is 2.67. The molecule has 1 saturated carbocycles. The standard InChI is InChI=1S/C12H20N4/c1-7-11(13)14-9(3)15-12(7)16(4)8(2)10-5-6-10/h8,10H,5-6H2,1-4H3,(H2,13,14,15). The molecule has 0 saturated heterocycles. The van der Waals surface area contributed by atoms with E-state index in [2.05, 4.69) is 28.8 Å². The number of anilines is 2. The zero-order valence-electron chi connectivity index (χ0n) is 10.5. The van der Waals surface area contributed by atoms with Crippen LogP contribution >= 0.6 is 0 Å². The molecule has 16 heavy (non-hydrogen) atoms. The fourth-order valence-electron chi connectivity index (χ4n) is 2.07. The Hall–Kier alpha value is -1.32. The average Bonchev–Trinajstić information content (AvgIpc) is 3.05. The first-order valence-corrected chi connectivity index (χ1v) is 5.84. The molecule has 1 aromatic rings. The summed E-state index contributed by atoms with van der Waals surface area (Å²) in [7, 11) is 2.09. The molecule has 0 spiro atoms. The molecule has 2 N–H and O–H groups in total. The molecule has 0 aromatic carbocycles. The van der Waals surface area contributed by atoms with E-state index in [0.29, 0.717) is 11.9 Å². The van der Waals surface area contributed by atoms with Gasteiger partial charge in [-0.15, -0.1) is 0 Å². The van der Waals surface area contributed by atoms with Crippen molar-refractivity contribution in [2.75, 3.05) is 17.7 Å². The van der Waals surface area contributed by atoms with Crippen molar-refractivity contribution in [3.05, 3.63) is 11.4 Å². The van der Waals surface area contributed by atoms with Crippen LogP contribution in [0.4, 0.5) is 11.6 Å². The van der Waals surface area contributed by atoms with Gasteiger partial charge in [0.15, 0.2) is 0 Å². The molecule has 2 rings (SSSR count). The maximum Gasteiger partial charge on any atom is 0.137 e. The van der Waals surface area contributed by atoms with Gasteiger partial charge in [0.05, 0.1) is 0 Å². The number of rotatable bonds is 3. The average molecular weight is 220 g/mol. The fourth-order valence-corrected chi connectivity index (χ4v) is 2.07. The van der Waals surface area contributed by atoms with E-state index in [1.165, 1.54) is 12.8 Å². The Morgan fingerprint density at radius 2 is 1.94 bits per heavy atom. The van der Waals surface area contributed by atoms with Gasteiger partial charge in [0.1, 0.15) is 17.5 Å². The van der Waals surface area contributed by atoms with Gasteiger partial charge >= 0.3 is 0 Å². The van der Waals surface area contributed by atoms with Gasteiger partial charge in [-0.1, -0.05) is 0 Å². The molecule has 1 aliphatic rings. The molecule has 1 aliphatic carbocycles. The van der Waals surface area contributed by atoms with Crippen LogP contribution in [0.1, 0.15) is 31.2 Å². The van der Waals surface area contributed by atoms with Gasteiger partial charge in [-0.05, 0) is 39.5 Å². The van der Waals surface area contributed by atoms with E-state index in [0.717, 1.165) is 23.1 Å². The largest absolute Gasteiger partial charge is 0.383 e. The molecule has 88 valence electrons. The number of aromatic nitrogens is 2. The van der Waals surface area contributed by atoms with Gasteiger partial charge in [-0.25, -0.2) is 9.97 Å². The maximum absolute atomic E-state index is 5.87. The van der Waals surface area contributed by atoms with Crippen molar-refractivity contribution >= 4 is 11.6 Å². The van der Waals surface area contributed by atoms with E-state index in [-0.39, 0.29) is 0 Å². The normalized spacial score (nSPS) is 17.2. The van der Waals surface area contributed by atoms with Gasteiger partial charge in [-0.3, -0.25) is 0 Å². The highest BCUT2D eigenvalue weighted by molar-refractivity contribution is 5.56. The number of nitrogens with two attached hydrogens (primary N) is 1. The first kappa shape index (κ1) is 11.2. The van der Waals surface area contributed by atoms with Crippen LogP contribution < -0.4 is 10.6 Å². The minimum atomic E-state index is 0.535. The second-order valence-electron chi connectivity index (χ2n) is 4.79. The van der Waals surface area contributed by atoms with Crippen LogP contribution in [0.2, 0.25) is 0 Å². The summed E-state index contributed by atoms with van der Waals surface area (Å²) in [5.41, 5.74) is 6.86. The smallest absolute Gasteiger partial charge is 0.137 e. The van der Waals surface area contributed by atoms with Gasteiger partial charge in [-0.2, -0.15) is 0 Å². The predicted octanol–water partition coefficient (Wildman–Crippen LogP) is 1.91. The van der Waals surface area contributed by atoms with E-state index in [4.69, 9.17) is 5.73 Å². The van der Waals surface area contributed by atoms with Crippen molar-refractivity contribution in [1.82, 2.24) is 9.97 Å². The molecule has 0 amide bonds. The molecule has 0 bridgehead atoms. The van der Waals surface area contributed by atoms with E-state index >= 15 is 0 Å². The van der Waals surface area contributed by atoms with Crippen molar-refractivity contribution in [3.63, 3.8) is 0 Å². The lowest BCUT2D eigenvalue weighted by molar-refractivity contribution is 0.601. The molecule has 0 radical (unpaired) electrons. The molecule has 4 heteroatoms. The van der Waals surface area contributed by atoms with E-state index < -0.39 is 0 Å². The van der Waals surface area contributed by atoms with Gasteiger partial charge < -0.3 is 10.6 Å². The highest BCUT2D eigenvalue weighted by Gasteiger charge is 2.31. The number of nitrogen functional groups attached to an aromatic ring is 1. The highest BCUT2D eigenvalue weighted by Crippen LogP contribution is 2.36. The van der Waals surface area contributed by atoms with Gasteiger partial charge in [0.2, 0.25) is 0 Å². The van der Waals surface area contributed by atoms with Crippen molar-refractivity contribution in [3.8, 4) is 0 Å². The van der Waals surface area contributed by atoms with E-state index in [1.54, 1.807) is 0 Å². The Morgan fingerprint density at radius 3 is 2.50 bits per heavy atom. The molecule has 1 fully saturated rings. The van der Waals surface area contributed by atoms with Crippen LogP contribution in [0.15, 0.2) is 0 Å². The van der Waals surface area contributed by atoms with Crippen LogP contribution in [0.25, 0.3) is 0 Å². The molecule has 1 atom stereocenters. The highest BCUT2D eigenvalue weighted by atomic mass is 15.2. The Balaban J connectivity index is 2.31. The predicted molar refractivity (Wildman–Crippen MR) is 66.5 cm³/mol. The molecule has 4 nitrogen and oxygen atoms in total. The monoisotopic (exact) mass is 220 g/mol. The summed E-state index contributed by atoms with van der Waals surface area (Å²) in [4.78, 5) is 10.9. The maximum atomic E-state index is 5.87. The third-order valence-electron chi connectivity index (χ3n) is 3.52. The van der Waals surface area contributed by atoms with Crippen LogP contribution in [0.5, 0.6) is 0 Å². The molecule has 1 heterocycles. The topological polar surface area (TPSA) is 55.0 Å². The summed E-state index contributed by atoms with van der Waals surface area (Å²) in [6, 6.07) is 0.535. The zero-order valence-corrected chi connectivity index (χ0v) is 10.5. The molecule has 1 aromatic heterocycles. The lowest BCUT2D eigenvalue weighted by Crippen LogP contribution is -2.32. The van der Waals surface area contributed by atoms with E-state index in [1.807, 2.05) is 13.8 Å². The third kappa shape index (κ3) is 1.96. The van der Waals surface area contributed by atoms with Gasteiger partial charge in [0.25, 0.3) is 0 Å². The second kappa shape index (κ2) is 3.92. The van der Waals surface area contributed by atoms with Crippen LogP contribution in [-0.2, 0) is 0 Å². The summed E-state index contributed by atoms with van der Waals surface area (Å²) < 4.78 is 0. The van der Waals surface area contributed by atoms with Crippen LogP contribution in [0.3, 0.4) is 0 Å². The number of hydrogen-bond acceptors (Lipinski definition) is 4. The first-order chi connectivity index (χ1) is 7.50. The summed E-state index contributed by atoms with van der Waals surface area (Å²) in [5, 5.41) is 0. The fraction of sp³-hybridized carbons (Fsp3) is 0.667. The lowest BCUT2D eigenvalue weighted by atomic mass is 10.1. The van der Waals surface area contributed by atoms with Crippen molar-refractivity contribution in [2.45, 2.75) is 39.7 Å². The summed E-state index contributed by atoms with van der Waals surface area (Å²) in [5.74, 6) is 3.13. The Morgan fingerprint density at radius 1 is 1.31 bits per heavy atom. The SMILES string of the molecule is Cc1nc(N)c(C)c(N(C)C(C)C2CC2)n1. The van der Waals surface area contributed by atoms with Crippen LogP contribution in [0, 0.1) is 19.8 Å². The summed E-state index contributed by atoms with van der Waals surface area (Å²) >= 11 is 0.